The Hall–Kier alpha value is -3.96. The van der Waals surface area contributed by atoms with Crippen LogP contribution in [0.25, 0.3) is 16.7 Å². The van der Waals surface area contributed by atoms with E-state index in [4.69, 9.17) is 16.9 Å². The summed E-state index contributed by atoms with van der Waals surface area (Å²) in [5.41, 5.74) is 15.0. The quantitative estimate of drug-likeness (QED) is 0.0588. The minimum atomic E-state index is -4.29. The number of rotatable bonds is 12. The summed E-state index contributed by atoms with van der Waals surface area (Å²) in [4.78, 5) is 20.0. The number of aromatic amines is 1. The number of unbranched alkanes of at least 4 members (excludes halogenated alkanes) is 1. The van der Waals surface area contributed by atoms with Crippen LogP contribution in [0.3, 0.4) is 0 Å². The molecule has 0 radical (unpaired) electrons. The van der Waals surface area contributed by atoms with Crippen LogP contribution >= 0.6 is 0 Å². The number of aryl methyl sites for hydroxylation is 1. The molecule has 1 atom stereocenters. The molecular formula is C38H54F3N7O. The van der Waals surface area contributed by atoms with Crippen molar-refractivity contribution in [3.8, 4) is 5.69 Å². The molecule has 0 aliphatic rings. The van der Waals surface area contributed by atoms with Crippen LogP contribution in [0.4, 0.5) is 13.2 Å². The number of H-pyrrole nitrogens is 1. The van der Waals surface area contributed by atoms with Gasteiger partial charge < -0.3 is 21.8 Å². The van der Waals surface area contributed by atoms with E-state index in [1.54, 1.807) is 4.57 Å². The summed E-state index contributed by atoms with van der Waals surface area (Å²) in [6.45, 7) is 15.7. The first-order chi connectivity index (χ1) is 22.7. The molecule has 4 rings (SSSR count). The molecule has 0 spiro atoms. The van der Waals surface area contributed by atoms with Gasteiger partial charge in [0.2, 0.25) is 0 Å². The molecule has 2 aromatic heterocycles. The van der Waals surface area contributed by atoms with Crippen molar-refractivity contribution in [2.24, 2.45) is 11.5 Å². The number of amidine groups is 1. The minimum Gasteiger partial charge on any atom is -0.388 e. The molecule has 0 aliphatic heterocycles. The first-order valence-electron chi connectivity index (χ1n) is 17.0. The van der Waals surface area contributed by atoms with Gasteiger partial charge in [0.05, 0.1) is 17.1 Å². The minimum absolute atomic E-state index is 0.0324. The van der Waals surface area contributed by atoms with Crippen LogP contribution < -0.4 is 22.5 Å². The van der Waals surface area contributed by atoms with E-state index in [1.807, 2.05) is 64.2 Å². The number of hydrogen-bond donors (Lipinski definition) is 5. The molecule has 4 aromatic rings. The molecule has 0 unspecified atom stereocenters. The highest BCUT2D eigenvalue weighted by atomic mass is 19.4. The van der Waals surface area contributed by atoms with Gasteiger partial charge in [-0.15, -0.1) is 0 Å². The first kappa shape index (κ1) is 39.5. The van der Waals surface area contributed by atoms with Crippen molar-refractivity contribution in [2.75, 3.05) is 6.54 Å². The molecule has 0 amide bonds. The number of nitrogens with two attached hydrogens (primary N) is 2. The van der Waals surface area contributed by atoms with Crippen molar-refractivity contribution in [3.63, 3.8) is 0 Å². The van der Waals surface area contributed by atoms with E-state index in [0.717, 1.165) is 72.2 Å². The lowest BCUT2D eigenvalue weighted by Gasteiger charge is -2.22. The Morgan fingerprint density at radius 1 is 0.939 bits per heavy atom. The smallest absolute Gasteiger partial charge is 0.388 e. The fraction of sp³-hybridized carbons (Fsp3) is 0.500. The van der Waals surface area contributed by atoms with Gasteiger partial charge in [0.25, 0.3) is 0 Å². The average molecular weight is 682 g/mol. The molecule has 2 aromatic carbocycles. The van der Waals surface area contributed by atoms with Crippen molar-refractivity contribution >= 4 is 16.9 Å². The fourth-order valence-electron chi connectivity index (χ4n) is 5.22. The predicted octanol–water partition coefficient (Wildman–Crippen LogP) is 7.88. The molecule has 0 fully saturated rings. The Balaban J connectivity index is 0.000000286. The van der Waals surface area contributed by atoms with Gasteiger partial charge in [-0.3, -0.25) is 9.98 Å². The molecule has 49 heavy (non-hydrogen) atoms. The van der Waals surface area contributed by atoms with Gasteiger partial charge >= 0.3 is 11.9 Å². The van der Waals surface area contributed by atoms with Gasteiger partial charge in [-0.05, 0) is 98.0 Å². The number of halogens is 3. The van der Waals surface area contributed by atoms with E-state index in [1.165, 1.54) is 12.1 Å². The van der Waals surface area contributed by atoms with Crippen LogP contribution in [0.2, 0.25) is 0 Å². The van der Waals surface area contributed by atoms with E-state index in [-0.39, 0.29) is 28.4 Å². The van der Waals surface area contributed by atoms with Gasteiger partial charge in [0.15, 0.2) is 0 Å². The zero-order valence-electron chi connectivity index (χ0n) is 30.0. The predicted molar refractivity (Wildman–Crippen MR) is 195 cm³/mol. The highest BCUT2D eigenvalue weighted by Gasteiger charge is 2.32. The lowest BCUT2D eigenvalue weighted by atomic mass is 9.84. The fourth-order valence-corrected chi connectivity index (χ4v) is 5.22. The summed E-state index contributed by atoms with van der Waals surface area (Å²) in [5.74, 6) is 0.248. The molecule has 8 nitrogen and oxygen atoms in total. The highest BCUT2D eigenvalue weighted by molar-refractivity contribution is 5.77. The Bertz CT molecular complexity index is 1690. The largest absolute Gasteiger partial charge is 0.416 e. The van der Waals surface area contributed by atoms with Gasteiger partial charge in [0, 0.05) is 41.7 Å². The molecular weight excluding hydrogens is 627 g/mol. The SMILES string of the molecule is CC(C)(C)c1cc2cn(-c3ccc(CNCCCCC(=N)N)cc3)c(=O)nc2[nH]1.C[C@H](N)CCCc1cc(C(C)(C)C)cc(C(F)(F)F)c1. The summed E-state index contributed by atoms with van der Waals surface area (Å²) in [7, 11) is 0. The number of benzene rings is 2. The molecule has 11 heteroatoms. The van der Waals surface area contributed by atoms with Crippen LogP contribution in [0.15, 0.2) is 59.5 Å². The maximum atomic E-state index is 13.0. The Morgan fingerprint density at radius 2 is 1.59 bits per heavy atom. The van der Waals surface area contributed by atoms with E-state index in [2.05, 4.69) is 42.1 Å². The third kappa shape index (κ3) is 12.5. The van der Waals surface area contributed by atoms with Gasteiger partial charge in [-0.2, -0.15) is 18.2 Å². The van der Waals surface area contributed by atoms with E-state index < -0.39 is 11.7 Å². The number of alkyl halides is 3. The summed E-state index contributed by atoms with van der Waals surface area (Å²) in [6, 6.07) is 14.5. The molecule has 7 N–H and O–H groups in total. The number of nitrogens with zero attached hydrogens (tertiary/aromatic N) is 2. The molecule has 0 saturated carbocycles. The van der Waals surface area contributed by atoms with Crippen molar-refractivity contribution < 1.29 is 13.2 Å². The summed E-state index contributed by atoms with van der Waals surface area (Å²) < 4.78 is 40.5. The maximum absolute atomic E-state index is 13.0. The molecule has 0 bridgehead atoms. The normalized spacial score (nSPS) is 12.9. The zero-order chi connectivity index (χ0) is 36.6. The molecule has 268 valence electrons. The van der Waals surface area contributed by atoms with Crippen molar-refractivity contribution in [1.29, 1.82) is 5.41 Å². The summed E-state index contributed by atoms with van der Waals surface area (Å²) in [5, 5.41) is 11.5. The maximum Gasteiger partial charge on any atom is 0.416 e. The third-order valence-electron chi connectivity index (χ3n) is 8.22. The van der Waals surface area contributed by atoms with Gasteiger partial charge in [-0.1, -0.05) is 59.7 Å². The number of hydrogen-bond acceptors (Lipinski definition) is 5. The van der Waals surface area contributed by atoms with E-state index in [9.17, 15) is 18.0 Å². The molecule has 0 saturated heterocycles. The van der Waals surface area contributed by atoms with Crippen LogP contribution in [0.1, 0.15) is 109 Å². The average Bonchev–Trinajstić information content (AvgIpc) is 3.41. The summed E-state index contributed by atoms with van der Waals surface area (Å²) >= 11 is 0. The Kier molecular flexibility index (Phi) is 13.4. The Morgan fingerprint density at radius 3 is 2.16 bits per heavy atom. The first-order valence-corrected chi connectivity index (χ1v) is 17.0. The second-order valence-electron chi connectivity index (χ2n) is 15.0. The highest BCUT2D eigenvalue weighted by Crippen LogP contribution is 2.34. The van der Waals surface area contributed by atoms with Crippen LogP contribution in [0, 0.1) is 5.41 Å². The number of fused-ring (bicyclic) bond motifs is 1. The monoisotopic (exact) mass is 681 g/mol. The lowest BCUT2D eigenvalue weighted by molar-refractivity contribution is -0.137. The third-order valence-corrected chi connectivity index (χ3v) is 8.22. The van der Waals surface area contributed by atoms with Crippen molar-refractivity contribution in [3.05, 3.63) is 93.2 Å². The van der Waals surface area contributed by atoms with E-state index >= 15 is 0 Å². The van der Waals surface area contributed by atoms with Gasteiger partial charge in [0.1, 0.15) is 5.65 Å². The number of aromatic nitrogens is 3. The van der Waals surface area contributed by atoms with Crippen LogP contribution in [-0.2, 0) is 30.0 Å². The number of nitrogens with one attached hydrogen (secondary N) is 3. The van der Waals surface area contributed by atoms with E-state index in [0.29, 0.717) is 18.5 Å². The topological polar surface area (TPSA) is 139 Å². The Labute approximate surface area is 288 Å². The second kappa shape index (κ2) is 16.6. The molecule has 0 aliphatic carbocycles. The lowest BCUT2D eigenvalue weighted by Crippen LogP contribution is -2.20. The molecule has 2 heterocycles. The van der Waals surface area contributed by atoms with Crippen molar-refractivity contribution in [1.82, 2.24) is 19.9 Å². The second-order valence-corrected chi connectivity index (χ2v) is 15.0. The van der Waals surface area contributed by atoms with Crippen LogP contribution in [-0.4, -0.2) is 33.0 Å². The standard InChI is InChI=1S/C22H30N6O.C16H24F3N/c1-22(2,3)18-12-16-14-28(21(29)27-20(16)26-18)17-9-7-15(8-10-17)13-25-11-5-4-6-19(23)24;1-11(20)6-5-7-12-8-13(15(2,3)4)10-14(9-12)16(17,18)19/h7-10,12,14,25H,4-6,11,13H2,1-3H3,(H3,23,24)(H,26,27,29);8-11H,5-7,20H2,1-4H3/t;11-/m.0/s1. The summed E-state index contributed by atoms with van der Waals surface area (Å²) in [6.07, 6.45) is 2.39. The van der Waals surface area contributed by atoms with Crippen molar-refractivity contribution in [2.45, 2.75) is 117 Å². The van der Waals surface area contributed by atoms with Crippen LogP contribution in [0.5, 0.6) is 0 Å². The zero-order valence-corrected chi connectivity index (χ0v) is 30.0. The van der Waals surface area contributed by atoms with Gasteiger partial charge in [-0.25, -0.2) is 4.79 Å².